The summed E-state index contributed by atoms with van der Waals surface area (Å²) in [7, 11) is -3.85. The molecule has 10 nitrogen and oxygen atoms in total. The number of hydrogen-bond donors (Lipinski definition) is 2. The maximum Gasteiger partial charge on any atom is 0.299 e. The summed E-state index contributed by atoms with van der Waals surface area (Å²) in [6.07, 6.45) is 0. The molecule has 3 aromatic carbocycles. The Morgan fingerprint density at radius 1 is 0.833 bits per heavy atom. The van der Waals surface area contributed by atoms with Gasteiger partial charge in [0.25, 0.3) is 21.4 Å². The first-order valence-corrected chi connectivity index (χ1v) is 10.1. The highest BCUT2D eigenvalue weighted by Crippen LogP contribution is 2.34. The highest BCUT2D eigenvalue weighted by molar-refractivity contribution is 7.92. The van der Waals surface area contributed by atoms with Gasteiger partial charge in [-0.05, 0) is 36.4 Å². The lowest BCUT2D eigenvalue weighted by Crippen LogP contribution is -2.13. The van der Waals surface area contributed by atoms with E-state index in [0.717, 1.165) is 12.1 Å². The van der Waals surface area contributed by atoms with Crippen molar-refractivity contribution in [2.24, 2.45) is 0 Å². The zero-order valence-electron chi connectivity index (χ0n) is 15.0. The number of hydrogen-bond acceptors (Lipinski definition) is 7. The van der Waals surface area contributed by atoms with Crippen LogP contribution in [-0.4, -0.2) is 18.3 Å². The molecule has 0 saturated heterocycles. The number of rotatable bonds is 7. The van der Waals surface area contributed by atoms with Crippen LogP contribution < -0.4 is 10.0 Å². The van der Waals surface area contributed by atoms with E-state index >= 15 is 0 Å². The third kappa shape index (κ3) is 4.64. The first-order valence-electron chi connectivity index (χ1n) is 8.24. The fraction of sp³-hybridized carbons (Fsp3) is 0. The summed E-state index contributed by atoms with van der Waals surface area (Å²) in [6, 6.07) is 15.1. The maximum atomic E-state index is 12.4. The molecule has 12 heteroatoms. The summed E-state index contributed by atoms with van der Waals surface area (Å²) in [5.74, 6) is 0. The molecule has 2 N–H and O–H groups in total. The average Bonchev–Trinajstić information content (AvgIpc) is 2.70. The van der Waals surface area contributed by atoms with E-state index in [9.17, 15) is 28.6 Å². The topological polar surface area (TPSA) is 144 Å². The molecule has 0 aliphatic heterocycles. The maximum absolute atomic E-state index is 12.4. The normalized spacial score (nSPS) is 11.0. The second-order valence-electron chi connectivity index (χ2n) is 5.95. The van der Waals surface area contributed by atoms with Gasteiger partial charge in [0.15, 0.2) is 0 Å². The Morgan fingerprint density at radius 2 is 1.50 bits per heavy atom. The number of sulfonamides is 1. The van der Waals surface area contributed by atoms with Crippen LogP contribution in [0, 0.1) is 20.2 Å². The van der Waals surface area contributed by atoms with Gasteiger partial charge < -0.3 is 5.32 Å². The highest BCUT2D eigenvalue weighted by atomic mass is 35.5. The monoisotopic (exact) mass is 448 g/mol. The molecule has 0 bridgehead atoms. The first kappa shape index (κ1) is 21.0. The molecular weight excluding hydrogens is 436 g/mol. The summed E-state index contributed by atoms with van der Waals surface area (Å²) in [6.45, 7) is 0. The molecule has 0 fully saturated rings. The molecule has 0 unspecified atom stereocenters. The molecular formula is C18H13ClN4O6S. The number of nitro groups is 2. The summed E-state index contributed by atoms with van der Waals surface area (Å²) < 4.78 is 27.2. The summed E-state index contributed by atoms with van der Waals surface area (Å²) in [5, 5.41) is 24.9. The van der Waals surface area contributed by atoms with Crippen LogP contribution in [0.5, 0.6) is 0 Å². The van der Waals surface area contributed by atoms with Crippen molar-refractivity contribution < 1.29 is 18.3 Å². The largest absolute Gasteiger partial charge is 0.350 e. The van der Waals surface area contributed by atoms with E-state index in [1.54, 1.807) is 18.2 Å². The van der Waals surface area contributed by atoms with Crippen LogP contribution >= 0.6 is 11.6 Å². The van der Waals surface area contributed by atoms with Gasteiger partial charge >= 0.3 is 0 Å². The van der Waals surface area contributed by atoms with E-state index in [4.69, 9.17) is 11.6 Å². The van der Waals surface area contributed by atoms with Crippen molar-refractivity contribution in [2.75, 3.05) is 10.0 Å². The molecule has 0 aliphatic rings. The van der Waals surface area contributed by atoms with E-state index in [1.165, 1.54) is 36.4 Å². The molecule has 3 rings (SSSR count). The predicted octanol–water partition coefficient (Wildman–Crippen LogP) is 4.70. The van der Waals surface area contributed by atoms with Crippen molar-refractivity contribution in [3.63, 3.8) is 0 Å². The summed E-state index contributed by atoms with van der Waals surface area (Å²) in [4.78, 5) is 20.6. The summed E-state index contributed by atoms with van der Waals surface area (Å²) in [5.41, 5.74) is -0.465. The first-order chi connectivity index (χ1) is 14.2. The minimum Gasteiger partial charge on any atom is -0.350 e. The SMILES string of the molecule is O=[N+]([O-])c1ccc(Nc2ccc(NS(=O)(=O)c3ccccc3)c(Cl)c2)c([N+](=O)[O-])c1. The van der Waals surface area contributed by atoms with Gasteiger partial charge in [-0.15, -0.1) is 0 Å². The van der Waals surface area contributed by atoms with Gasteiger partial charge in [0, 0.05) is 11.8 Å². The van der Waals surface area contributed by atoms with Gasteiger partial charge in [-0.25, -0.2) is 8.42 Å². The molecule has 0 radical (unpaired) electrons. The average molecular weight is 449 g/mol. The molecule has 3 aromatic rings. The number of nitro benzene ring substituents is 2. The predicted molar refractivity (Wildman–Crippen MR) is 112 cm³/mol. The smallest absolute Gasteiger partial charge is 0.299 e. The quantitative estimate of drug-likeness (QED) is 0.393. The van der Waals surface area contributed by atoms with Gasteiger partial charge in [-0.2, -0.15) is 0 Å². The molecule has 0 aromatic heterocycles. The van der Waals surface area contributed by atoms with Crippen LogP contribution in [0.2, 0.25) is 5.02 Å². The number of benzene rings is 3. The minimum absolute atomic E-state index is 0.0132. The van der Waals surface area contributed by atoms with Crippen LogP contribution in [0.15, 0.2) is 71.6 Å². The molecule has 0 amide bonds. The van der Waals surface area contributed by atoms with Crippen molar-refractivity contribution >= 4 is 50.1 Å². The highest BCUT2D eigenvalue weighted by Gasteiger charge is 2.20. The van der Waals surface area contributed by atoms with E-state index < -0.39 is 31.2 Å². The van der Waals surface area contributed by atoms with E-state index in [0.29, 0.717) is 5.69 Å². The molecule has 0 atom stereocenters. The van der Waals surface area contributed by atoms with Gasteiger partial charge in [0.05, 0.1) is 31.5 Å². The van der Waals surface area contributed by atoms with Gasteiger partial charge in [-0.1, -0.05) is 29.8 Å². The third-order valence-corrected chi connectivity index (χ3v) is 5.63. The van der Waals surface area contributed by atoms with Crippen molar-refractivity contribution in [3.05, 3.63) is 92.0 Å². The molecule has 30 heavy (non-hydrogen) atoms. The zero-order valence-corrected chi connectivity index (χ0v) is 16.6. The molecule has 0 saturated carbocycles. The third-order valence-electron chi connectivity index (χ3n) is 3.93. The van der Waals surface area contributed by atoms with Crippen molar-refractivity contribution in [1.29, 1.82) is 0 Å². The number of halogens is 1. The number of anilines is 3. The molecule has 0 heterocycles. The lowest BCUT2D eigenvalue weighted by molar-refractivity contribution is -0.393. The zero-order chi connectivity index (χ0) is 21.9. The number of nitrogens with zero attached hydrogens (tertiary/aromatic N) is 2. The fourth-order valence-electron chi connectivity index (χ4n) is 2.52. The Kier molecular flexibility index (Phi) is 5.85. The lowest BCUT2D eigenvalue weighted by atomic mass is 10.2. The Hall–Kier alpha value is -3.70. The lowest BCUT2D eigenvalue weighted by Gasteiger charge is -2.12. The number of nitrogens with one attached hydrogen (secondary N) is 2. The van der Waals surface area contributed by atoms with E-state index in [-0.39, 0.29) is 21.3 Å². The van der Waals surface area contributed by atoms with Gasteiger partial charge in [0.1, 0.15) is 5.69 Å². The number of non-ortho nitro benzene ring substituents is 1. The Morgan fingerprint density at radius 3 is 2.10 bits per heavy atom. The summed E-state index contributed by atoms with van der Waals surface area (Å²) >= 11 is 6.17. The van der Waals surface area contributed by atoms with Crippen LogP contribution in [0.3, 0.4) is 0 Å². The van der Waals surface area contributed by atoms with Crippen LogP contribution in [0.25, 0.3) is 0 Å². The molecule has 0 aliphatic carbocycles. The molecule has 0 spiro atoms. The van der Waals surface area contributed by atoms with Crippen molar-refractivity contribution in [1.82, 2.24) is 0 Å². The molecule has 154 valence electrons. The second-order valence-corrected chi connectivity index (χ2v) is 8.04. The Labute approximate surface area is 175 Å². The van der Waals surface area contributed by atoms with Gasteiger partial charge in [-0.3, -0.25) is 25.0 Å². The Bertz CT molecular complexity index is 1230. The van der Waals surface area contributed by atoms with Crippen molar-refractivity contribution in [3.8, 4) is 0 Å². The minimum atomic E-state index is -3.85. The van der Waals surface area contributed by atoms with Gasteiger partial charge in [0.2, 0.25) is 0 Å². The van der Waals surface area contributed by atoms with Crippen LogP contribution in [0.4, 0.5) is 28.4 Å². The standard InChI is InChI=1S/C18H13ClN4O6S/c19-15-10-12(20-17-9-7-13(22(24)25)11-18(17)23(26)27)6-8-16(15)21-30(28,29)14-4-2-1-3-5-14/h1-11,20-21H. The van der Waals surface area contributed by atoms with Crippen LogP contribution in [0.1, 0.15) is 0 Å². The van der Waals surface area contributed by atoms with Crippen molar-refractivity contribution in [2.45, 2.75) is 4.90 Å². The van der Waals surface area contributed by atoms with E-state index in [1.807, 2.05) is 0 Å². The second kappa shape index (κ2) is 8.35. The Balaban J connectivity index is 1.86. The fourth-order valence-corrected chi connectivity index (χ4v) is 3.91. The van der Waals surface area contributed by atoms with E-state index in [2.05, 4.69) is 10.0 Å². The van der Waals surface area contributed by atoms with Crippen LogP contribution in [-0.2, 0) is 10.0 Å².